The first-order valence-electron chi connectivity index (χ1n) is 6.76. The third-order valence-corrected chi connectivity index (χ3v) is 3.47. The molecule has 22 heavy (non-hydrogen) atoms. The van der Waals surface area contributed by atoms with Crippen molar-refractivity contribution < 1.29 is 14.6 Å². The number of rotatable bonds is 3. The summed E-state index contributed by atoms with van der Waals surface area (Å²) in [5.41, 5.74) is 2.78. The van der Waals surface area contributed by atoms with Gasteiger partial charge in [0, 0.05) is 11.8 Å². The van der Waals surface area contributed by atoms with Crippen LogP contribution in [0.5, 0.6) is 5.75 Å². The minimum absolute atomic E-state index is 0.217. The van der Waals surface area contributed by atoms with Crippen LogP contribution in [0.4, 0.5) is 0 Å². The van der Waals surface area contributed by atoms with E-state index in [0.29, 0.717) is 28.2 Å². The summed E-state index contributed by atoms with van der Waals surface area (Å²) in [5, 5.41) is 14.4. The molecule has 6 nitrogen and oxygen atoms in total. The van der Waals surface area contributed by atoms with Crippen LogP contribution >= 0.6 is 0 Å². The number of aromatic carboxylic acids is 1. The minimum Gasteiger partial charge on any atom is -0.497 e. The summed E-state index contributed by atoms with van der Waals surface area (Å²) >= 11 is 0. The summed E-state index contributed by atoms with van der Waals surface area (Å²) in [4.78, 5) is 15.9. The molecule has 0 unspecified atom stereocenters. The van der Waals surface area contributed by atoms with Crippen molar-refractivity contribution in [1.82, 2.24) is 14.8 Å². The Hall–Kier alpha value is -2.89. The number of nitrogens with zero attached hydrogens (tertiary/aromatic N) is 3. The molecule has 6 heteroatoms. The number of aryl methyl sites for hydroxylation is 2. The van der Waals surface area contributed by atoms with Crippen molar-refractivity contribution in [3.05, 3.63) is 47.3 Å². The maximum absolute atomic E-state index is 11.5. The second-order valence-electron chi connectivity index (χ2n) is 5.01. The Morgan fingerprint density at radius 2 is 2.05 bits per heavy atom. The third kappa shape index (κ3) is 2.18. The summed E-state index contributed by atoms with van der Waals surface area (Å²) in [7, 11) is 1.59. The number of pyridine rings is 1. The van der Waals surface area contributed by atoms with Gasteiger partial charge in [-0.25, -0.2) is 14.5 Å². The molecule has 0 aliphatic carbocycles. The van der Waals surface area contributed by atoms with Gasteiger partial charge in [0.15, 0.2) is 5.65 Å². The molecule has 0 saturated carbocycles. The Balaban J connectivity index is 2.34. The summed E-state index contributed by atoms with van der Waals surface area (Å²) in [5.74, 6) is -0.284. The molecule has 2 aromatic heterocycles. The number of methoxy groups -OCH3 is 1. The van der Waals surface area contributed by atoms with E-state index < -0.39 is 5.97 Å². The fraction of sp³-hybridized carbons (Fsp3) is 0.188. The topological polar surface area (TPSA) is 77.2 Å². The molecular weight excluding hydrogens is 282 g/mol. The molecule has 1 N–H and O–H groups in total. The van der Waals surface area contributed by atoms with Crippen LogP contribution in [0.2, 0.25) is 0 Å². The van der Waals surface area contributed by atoms with Crippen molar-refractivity contribution in [3.63, 3.8) is 0 Å². The van der Waals surface area contributed by atoms with Gasteiger partial charge in [-0.1, -0.05) is 6.07 Å². The Morgan fingerprint density at radius 3 is 2.73 bits per heavy atom. The molecule has 0 fully saturated rings. The van der Waals surface area contributed by atoms with Gasteiger partial charge >= 0.3 is 5.97 Å². The molecule has 0 amide bonds. The van der Waals surface area contributed by atoms with Crippen molar-refractivity contribution in [2.24, 2.45) is 0 Å². The van der Waals surface area contributed by atoms with Crippen LogP contribution in [0, 0.1) is 13.8 Å². The molecular formula is C16H15N3O3. The number of hydrogen-bond donors (Lipinski definition) is 1. The fourth-order valence-corrected chi connectivity index (χ4v) is 2.50. The quantitative estimate of drug-likeness (QED) is 0.804. The number of aromatic nitrogens is 3. The lowest BCUT2D eigenvalue weighted by atomic mass is 10.1. The third-order valence-electron chi connectivity index (χ3n) is 3.47. The van der Waals surface area contributed by atoms with Crippen LogP contribution in [-0.2, 0) is 0 Å². The van der Waals surface area contributed by atoms with E-state index in [1.807, 2.05) is 24.3 Å². The average molecular weight is 297 g/mol. The first kappa shape index (κ1) is 14.1. The van der Waals surface area contributed by atoms with Gasteiger partial charge in [-0.2, -0.15) is 5.10 Å². The van der Waals surface area contributed by atoms with Crippen LogP contribution in [0.15, 0.2) is 30.3 Å². The van der Waals surface area contributed by atoms with Crippen LogP contribution in [-0.4, -0.2) is 33.0 Å². The van der Waals surface area contributed by atoms with Crippen molar-refractivity contribution >= 4 is 17.0 Å². The molecule has 0 radical (unpaired) electrons. The van der Waals surface area contributed by atoms with E-state index in [1.165, 1.54) is 0 Å². The van der Waals surface area contributed by atoms with Gasteiger partial charge in [-0.05, 0) is 32.0 Å². The lowest BCUT2D eigenvalue weighted by molar-refractivity contribution is 0.0698. The fourth-order valence-electron chi connectivity index (χ4n) is 2.50. The van der Waals surface area contributed by atoms with Crippen molar-refractivity contribution in [1.29, 1.82) is 0 Å². The van der Waals surface area contributed by atoms with Crippen LogP contribution in [0.25, 0.3) is 16.7 Å². The van der Waals surface area contributed by atoms with Gasteiger partial charge in [0.2, 0.25) is 0 Å². The Labute approximate surface area is 127 Å². The molecule has 0 aliphatic heterocycles. The van der Waals surface area contributed by atoms with E-state index >= 15 is 0 Å². The van der Waals surface area contributed by atoms with E-state index in [2.05, 4.69) is 10.1 Å². The highest BCUT2D eigenvalue weighted by atomic mass is 16.5. The minimum atomic E-state index is -0.983. The predicted octanol–water partition coefficient (Wildman–Crippen LogP) is 2.74. The maximum Gasteiger partial charge on any atom is 0.336 e. The van der Waals surface area contributed by atoms with Gasteiger partial charge < -0.3 is 9.84 Å². The van der Waals surface area contributed by atoms with Gasteiger partial charge in [-0.3, -0.25) is 0 Å². The molecule has 0 atom stereocenters. The number of fused-ring (bicyclic) bond motifs is 1. The zero-order valence-corrected chi connectivity index (χ0v) is 12.5. The Morgan fingerprint density at radius 1 is 1.27 bits per heavy atom. The van der Waals surface area contributed by atoms with E-state index in [0.717, 1.165) is 5.69 Å². The van der Waals surface area contributed by atoms with E-state index in [4.69, 9.17) is 4.74 Å². The van der Waals surface area contributed by atoms with Gasteiger partial charge in [0.05, 0.1) is 29.4 Å². The normalized spacial score (nSPS) is 10.9. The number of carbonyl (C=O) groups is 1. The summed E-state index contributed by atoms with van der Waals surface area (Å²) in [6.45, 7) is 3.55. The number of benzene rings is 1. The van der Waals surface area contributed by atoms with Crippen molar-refractivity contribution in [2.45, 2.75) is 13.8 Å². The van der Waals surface area contributed by atoms with E-state index in [-0.39, 0.29) is 5.56 Å². The molecule has 112 valence electrons. The smallest absolute Gasteiger partial charge is 0.336 e. The summed E-state index contributed by atoms with van der Waals surface area (Å²) < 4.78 is 6.87. The van der Waals surface area contributed by atoms with Crippen molar-refractivity contribution in [2.75, 3.05) is 7.11 Å². The highest BCUT2D eigenvalue weighted by Gasteiger charge is 2.19. The highest BCUT2D eigenvalue weighted by molar-refractivity contribution is 6.03. The molecule has 3 rings (SSSR count). The Bertz CT molecular complexity index is 884. The highest BCUT2D eigenvalue weighted by Crippen LogP contribution is 2.26. The van der Waals surface area contributed by atoms with Gasteiger partial charge in [-0.15, -0.1) is 0 Å². The molecule has 1 aromatic carbocycles. The molecule has 2 heterocycles. The first-order chi connectivity index (χ1) is 10.5. The maximum atomic E-state index is 11.5. The standard InChI is InChI=1S/C16H15N3O3/c1-9-7-13(16(20)21)14-10(2)18-19(15(14)17-9)11-5-4-6-12(8-11)22-3/h4-8H,1-3H3,(H,20,21). The lowest BCUT2D eigenvalue weighted by Crippen LogP contribution is -2.02. The molecule has 0 bridgehead atoms. The monoisotopic (exact) mass is 297 g/mol. The summed E-state index contributed by atoms with van der Waals surface area (Å²) in [6, 6.07) is 8.96. The zero-order valence-electron chi connectivity index (χ0n) is 12.5. The van der Waals surface area contributed by atoms with Crippen LogP contribution in [0.1, 0.15) is 21.7 Å². The van der Waals surface area contributed by atoms with Crippen LogP contribution < -0.4 is 4.74 Å². The molecule has 0 aliphatic rings. The predicted molar refractivity (Wildman–Crippen MR) is 81.9 cm³/mol. The average Bonchev–Trinajstić information content (AvgIpc) is 2.83. The zero-order chi connectivity index (χ0) is 15.9. The SMILES string of the molecule is COc1cccc(-n2nc(C)c3c(C(=O)O)cc(C)nc32)c1. The number of hydrogen-bond acceptors (Lipinski definition) is 4. The van der Waals surface area contributed by atoms with Crippen molar-refractivity contribution in [3.8, 4) is 11.4 Å². The largest absolute Gasteiger partial charge is 0.497 e. The molecule has 0 saturated heterocycles. The lowest BCUT2D eigenvalue weighted by Gasteiger charge is -2.06. The van der Waals surface area contributed by atoms with Gasteiger partial charge in [0.25, 0.3) is 0 Å². The second-order valence-corrected chi connectivity index (χ2v) is 5.01. The molecule has 0 spiro atoms. The molecule has 3 aromatic rings. The van der Waals surface area contributed by atoms with Gasteiger partial charge in [0.1, 0.15) is 5.75 Å². The van der Waals surface area contributed by atoms with Crippen LogP contribution in [0.3, 0.4) is 0 Å². The number of carboxylic acids is 1. The number of ether oxygens (including phenoxy) is 1. The second kappa shape index (κ2) is 5.14. The Kier molecular flexibility index (Phi) is 3.29. The number of carboxylic acid groups (broad SMARTS) is 1. The van der Waals surface area contributed by atoms with E-state index in [1.54, 1.807) is 31.7 Å². The van der Waals surface area contributed by atoms with E-state index in [9.17, 15) is 9.90 Å². The first-order valence-corrected chi connectivity index (χ1v) is 6.76. The summed E-state index contributed by atoms with van der Waals surface area (Å²) in [6.07, 6.45) is 0.